The lowest BCUT2D eigenvalue weighted by Gasteiger charge is -2.28. The van der Waals surface area contributed by atoms with E-state index in [1.807, 2.05) is 31.2 Å². The number of carbonyl (C=O) groups excluding carboxylic acids is 2. The fraction of sp³-hybridized carbons (Fsp3) is 0.400. The summed E-state index contributed by atoms with van der Waals surface area (Å²) in [6.45, 7) is 4.00. The molecule has 1 atom stereocenters. The van der Waals surface area contributed by atoms with Gasteiger partial charge < -0.3 is 20.5 Å². The number of amides is 2. The third-order valence-electron chi connectivity index (χ3n) is 6.03. The second-order valence-electron chi connectivity index (χ2n) is 8.24. The SMILES string of the molecule is CCC(C)(NC(=O)OCC1c2ccccc2-c2ccccc21)C(=O)NCCCCC(=O)O. The number of carboxylic acids is 1. The number of ether oxygens (including phenoxy) is 1. The number of carbonyl (C=O) groups is 3. The topological polar surface area (TPSA) is 105 Å². The van der Waals surface area contributed by atoms with Gasteiger partial charge in [0.25, 0.3) is 0 Å². The summed E-state index contributed by atoms with van der Waals surface area (Å²) in [6.07, 6.45) is 0.857. The Labute approximate surface area is 188 Å². The molecule has 3 N–H and O–H groups in total. The van der Waals surface area contributed by atoms with Crippen LogP contribution in [0.3, 0.4) is 0 Å². The van der Waals surface area contributed by atoms with Crippen LogP contribution in [0.4, 0.5) is 4.79 Å². The van der Waals surface area contributed by atoms with Crippen molar-refractivity contribution in [3.05, 3.63) is 59.7 Å². The molecule has 32 heavy (non-hydrogen) atoms. The quantitative estimate of drug-likeness (QED) is 0.485. The number of unbranched alkanes of at least 4 members (excludes halogenated alkanes) is 1. The zero-order chi connectivity index (χ0) is 23.1. The normalized spacial score (nSPS) is 14.1. The summed E-state index contributed by atoms with van der Waals surface area (Å²) in [5.74, 6) is -1.22. The van der Waals surface area contributed by atoms with Crippen LogP contribution in [-0.4, -0.2) is 41.8 Å². The number of alkyl carbamates (subject to hydrolysis) is 1. The zero-order valence-corrected chi connectivity index (χ0v) is 18.5. The van der Waals surface area contributed by atoms with E-state index in [1.165, 1.54) is 0 Å². The van der Waals surface area contributed by atoms with Crippen molar-refractivity contribution >= 4 is 18.0 Å². The summed E-state index contributed by atoms with van der Waals surface area (Å²) >= 11 is 0. The average Bonchev–Trinajstić information content (AvgIpc) is 3.10. The van der Waals surface area contributed by atoms with Gasteiger partial charge in [-0.25, -0.2) is 4.79 Å². The minimum absolute atomic E-state index is 0.0518. The predicted molar refractivity (Wildman–Crippen MR) is 121 cm³/mol. The van der Waals surface area contributed by atoms with E-state index in [4.69, 9.17) is 9.84 Å². The average molecular weight is 439 g/mol. The van der Waals surface area contributed by atoms with Crippen LogP contribution in [0.2, 0.25) is 0 Å². The van der Waals surface area contributed by atoms with Gasteiger partial charge in [0.15, 0.2) is 0 Å². The largest absolute Gasteiger partial charge is 0.481 e. The van der Waals surface area contributed by atoms with Gasteiger partial charge in [0.2, 0.25) is 5.91 Å². The molecule has 1 unspecified atom stereocenters. The molecule has 0 aromatic heterocycles. The molecule has 0 heterocycles. The van der Waals surface area contributed by atoms with Crippen LogP contribution < -0.4 is 10.6 Å². The zero-order valence-electron chi connectivity index (χ0n) is 18.5. The molecule has 0 bridgehead atoms. The van der Waals surface area contributed by atoms with E-state index in [-0.39, 0.29) is 24.9 Å². The first-order valence-corrected chi connectivity index (χ1v) is 11.0. The first kappa shape index (κ1) is 23.3. The van der Waals surface area contributed by atoms with Gasteiger partial charge in [-0.1, -0.05) is 55.5 Å². The minimum Gasteiger partial charge on any atom is -0.481 e. The molecular weight excluding hydrogens is 408 g/mol. The van der Waals surface area contributed by atoms with Crippen LogP contribution in [0.15, 0.2) is 48.5 Å². The number of rotatable bonds is 10. The Bertz CT molecular complexity index is 944. The second kappa shape index (κ2) is 10.3. The molecule has 0 aliphatic heterocycles. The molecule has 0 fully saturated rings. The summed E-state index contributed by atoms with van der Waals surface area (Å²) in [4.78, 5) is 35.8. The van der Waals surface area contributed by atoms with Crippen LogP contribution in [0, 0.1) is 0 Å². The molecule has 2 amide bonds. The monoisotopic (exact) mass is 438 g/mol. The number of benzene rings is 2. The third-order valence-corrected chi connectivity index (χ3v) is 6.03. The van der Waals surface area contributed by atoms with Crippen molar-refractivity contribution in [2.75, 3.05) is 13.2 Å². The standard InChI is InChI=1S/C25H30N2O5/c1-3-25(2,23(30)26-15-9-8-14-22(28)29)27-24(31)32-16-21-19-12-6-4-10-17(19)18-11-5-7-13-20(18)21/h4-7,10-13,21H,3,8-9,14-16H2,1-2H3,(H,26,30)(H,27,31)(H,28,29). The van der Waals surface area contributed by atoms with Crippen molar-refractivity contribution < 1.29 is 24.2 Å². The van der Waals surface area contributed by atoms with Crippen molar-refractivity contribution in [1.29, 1.82) is 0 Å². The van der Waals surface area contributed by atoms with Gasteiger partial charge in [-0.15, -0.1) is 0 Å². The molecule has 7 nitrogen and oxygen atoms in total. The van der Waals surface area contributed by atoms with Gasteiger partial charge in [0.1, 0.15) is 12.1 Å². The first-order chi connectivity index (χ1) is 15.4. The van der Waals surface area contributed by atoms with E-state index in [9.17, 15) is 14.4 Å². The second-order valence-corrected chi connectivity index (χ2v) is 8.24. The lowest BCUT2D eigenvalue weighted by molar-refractivity contribution is -0.137. The van der Waals surface area contributed by atoms with Gasteiger partial charge in [0.05, 0.1) is 0 Å². The van der Waals surface area contributed by atoms with Gasteiger partial charge in [-0.05, 0) is 48.4 Å². The molecule has 3 rings (SSSR count). The third kappa shape index (κ3) is 5.28. The Morgan fingerprint density at radius 3 is 2.16 bits per heavy atom. The van der Waals surface area contributed by atoms with E-state index in [0.29, 0.717) is 25.8 Å². The van der Waals surface area contributed by atoms with Crippen molar-refractivity contribution in [1.82, 2.24) is 10.6 Å². The summed E-state index contributed by atoms with van der Waals surface area (Å²) in [6, 6.07) is 16.2. The number of fused-ring (bicyclic) bond motifs is 3. The number of hydrogen-bond acceptors (Lipinski definition) is 4. The maximum Gasteiger partial charge on any atom is 0.408 e. The molecule has 1 aliphatic rings. The minimum atomic E-state index is -1.12. The molecule has 0 saturated heterocycles. The predicted octanol–water partition coefficient (Wildman–Crippen LogP) is 4.06. The Kier molecular flexibility index (Phi) is 7.51. The van der Waals surface area contributed by atoms with Crippen molar-refractivity contribution in [3.63, 3.8) is 0 Å². The molecule has 0 spiro atoms. The molecule has 2 aromatic rings. The summed E-state index contributed by atoms with van der Waals surface area (Å²) in [5.41, 5.74) is 3.43. The van der Waals surface area contributed by atoms with Crippen LogP contribution in [0.1, 0.15) is 56.6 Å². The van der Waals surface area contributed by atoms with Crippen LogP contribution in [-0.2, 0) is 14.3 Å². The Morgan fingerprint density at radius 1 is 1.00 bits per heavy atom. The van der Waals surface area contributed by atoms with Gasteiger partial charge in [-0.2, -0.15) is 0 Å². The number of carboxylic acid groups (broad SMARTS) is 1. The molecule has 1 aliphatic carbocycles. The molecular formula is C25H30N2O5. The van der Waals surface area contributed by atoms with Gasteiger partial charge in [-0.3, -0.25) is 9.59 Å². The molecule has 2 aromatic carbocycles. The fourth-order valence-corrected chi connectivity index (χ4v) is 3.96. The highest BCUT2D eigenvalue weighted by Crippen LogP contribution is 2.44. The molecule has 170 valence electrons. The van der Waals surface area contributed by atoms with Crippen molar-refractivity contribution in [2.24, 2.45) is 0 Å². The highest BCUT2D eigenvalue weighted by molar-refractivity contribution is 5.89. The van der Waals surface area contributed by atoms with E-state index in [2.05, 4.69) is 34.9 Å². The number of nitrogens with one attached hydrogen (secondary N) is 2. The Balaban J connectivity index is 1.56. The Hall–Kier alpha value is -3.35. The lowest BCUT2D eigenvalue weighted by atomic mass is 9.97. The van der Waals surface area contributed by atoms with Crippen LogP contribution in [0.5, 0.6) is 0 Å². The maximum atomic E-state index is 12.6. The Morgan fingerprint density at radius 2 is 1.59 bits per heavy atom. The molecule has 0 radical (unpaired) electrons. The van der Waals surface area contributed by atoms with E-state index < -0.39 is 17.6 Å². The summed E-state index contributed by atoms with van der Waals surface area (Å²) in [5, 5.41) is 14.2. The first-order valence-electron chi connectivity index (χ1n) is 11.0. The highest BCUT2D eigenvalue weighted by atomic mass is 16.5. The van der Waals surface area contributed by atoms with Crippen molar-refractivity contribution in [2.45, 2.75) is 51.0 Å². The number of hydrogen-bond donors (Lipinski definition) is 3. The maximum absolute atomic E-state index is 12.6. The smallest absolute Gasteiger partial charge is 0.408 e. The van der Waals surface area contributed by atoms with Crippen molar-refractivity contribution in [3.8, 4) is 11.1 Å². The van der Waals surface area contributed by atoms with Gasteiger partial charge >= 0.3 is 12.1 Å². The van der Waals surface area contributed by atoms with E-state index >= 15 is 0 Å². The summed E-state index contributed by atoms with van der Waals surface area (Å²) < 4.78 is 5.56. The van der Waals surface area contributed by atoms with Gasteiger partial charge in [0, 0.05) is 18.9 Å². The van der Waals surface area contributed by atoms with Crippen LogP contribution in [0.25, 0.3) is 11.1 Å². The fourth-order valence-electron chi connectivity index (χ4n) is 3.96. The molecule has 0 saturated carbocycles. The highest BCUT2D eigenvalue weighted by Gasteiger charge is 2.34. The van der Waals surface area contributed by atoms with Crippen LogP contribution >= 0.6 is 0 Å². The summed E-state index contributed by atoms with van der Waals surface area (Å²) in [7, 11) is 0. The lowest BCUT2D eigenvalue weighted by Crippen LogP contribution is -2.56. The van der Waals surface area contributed by atoms with E-state index in [0.717, 1.165) is 22.3 Å². The molecule has 7 heteroatoms. The number of aliphatic carboxylic acids is 1. The van der Waals surface area contributed by atoms with E-state index in [1.54, 1.807) is 6.92 Å².